The Hall–Kier alpha value is -4.46. The standard InChI is InChI=1S/C23H16N8/c1-13-5-7-24-9-15(13)18-8-14-19(12-27-18)30-31-22(14)23-28-20-11-25-10-16(21(20)29-23)17-4-2-3-6-26-17/h2-12H,1H3,(H,28,29)(H,30,31). The summed E-state index contributed by atoms with van der Waals surface area (Å²) < 4.78 is 0. The Bertz CT molecular complexity index is 1550. The van der Waals surface area contributed by atoms with Gasteiger partial charge in [-0.25, -0.2) is 4.98 Å². The van der Waals surface area contributed by atoms with Crippen molar-refractivity contribution < 1.29 is 0 Å². The molecule has 6 rings (SSSR count). The Morgan fingerprint density at radius 1 is 0.806 bits per heavy atom. The minimum atomic E-state index is 0.659. The van der Waals surface area contributed by atoms with Crippen LogP contribution in [0.2, 0.25) is 0 Å². The van der Waals surface area contributed by atoms with Crippen molar-refractivity contribution >= 4 is 21.9 Å². The van der Waals surface area contributed by atoms with E-state index in [0.29, 0.717) is 5.82 Å². The van der Waals surface area contributed by atoms with Crippen LogP contribution in [-0.4, -0.2) is 40.1 Å². The van der Waals surface area contributed by atoms with E-state index in [1.165, 1.54) is 0 Å². The summed E-state index contributed by atoms with van der Waals surface area (Å²) in [4.78, 5) is 25.8. The number of hydrogen-bond acceptors (Lipinski definition) is 6. The SMILES string of the molecule is Cc1ccncc1-c1cc2c(-c3nc4c(-c5ccccn5)cncc4[nH]3)n[nH]c2cn1. The lowest BCUT2D eigenvalue weighted by molar-refractivity contribution is 1.10. The first-order chi connectivity index (χ1) is 15.3. The van der Waals surface area contributed by atoms with Crippen LogP contribution in [0.25, 0.3) is 56.0 Å². The molecule has 0 radical (unpaired) electrons. The molecule has 8 nitrogen and oxygen atoms in total. The minimum Gasteiger partial charge on any atom is -0.335 e. The van der Waals surface area contributed by atoms with Gasteiger partial charge in [-0.15, -0.1) is 0 Å². The van der Waals surface area contributed by atoms with Gasteiger partial charge in [0.1, 0.15) is 11.2 Å². The molecule has 31 heavy (non-hydrogen) atoms. The normalized spacial score (nSPS) is 11.4. The number of aryl methyl sites for hydroxylation is 1. The Kier molecular flexibility index (Phi) is 3.82. The topological polar surface area (TPSA) is 109 Å². The lowest BCUT2D eigenvalue weighted by Gasteiger charge is -2.04. The fraction of sp³-hybridized carbons (Fsp3) is 0.0435. The number of fused-ring (bicyclic) bond motifs is 2. The summed E-state index contributed by atoms with van der Waals surface area (Å²) in [6.07, 6.45) is 10.7. The highest BCUT2D eigenvalue weighted by Gasteiger charge is 2.17. The third-order valence-electron chi connectivity index (χ3n) is 5.32. The van der Waals surface area contributed by atoms with Crippen molar-refractivity contribution in [1.29, 1.82) is 0 Å². The quantitative estimate of drug-likeness (QED) is 0.454. The van der Waals surface area contributed by atoms with Crippen molar-refractivity contribution in [2.75, 3.05) is 0 Å². The summed E-state index contributed by atoms with van der Waals surface area (Å²) in [6, 6.07) is 9.78. The van der Waals surface area contributed by atoms with E-state index in [1.54, 1.807) is 31.0 Å². The molecule has 8 heteroatoms. The first-order valence-electron chi connectivity index (χ1n) is 9.78. The van der Waals surface area contributed by atoms with Crippen molar-refractivity contribution in [3.05, 3.63) is 73.1 Å². The van der Waals surface area contributed by atoms with E-state index in [2.05, 4.69) is 35.1 Å². The molecule has 0 aliphatic carbocycles. The monoisotopic (exact) mass is 404 g/mol. The summed E-state index contributed by atoms with van der Waals surface area (Å²) in [7, 11) is 0. The molecule has 0 unspecified atom stereocenters. The van der Waals surface area contributed by atoms with E-state index < -0.39 is 0 Å². The molecule has 0 atom stereocenters. The fourth-order valence-electron chi connectivity index (χ4n) is 3.73. The smallest absolute Gasteiger partial charge is 0.159 e. The number of H-pyrrole nitrogens is 2. The second-order valence-electron chi connectivity index (χ2n) is 7.26. The van der Waals surface area contributed by atoms with Gasteiger partial charge >= 0.3 is 0 Å². The van der Waals surface area contributed by atoms with Crippen molar-refractivity contribution in [1.82, 2.24) is 40.1 Å². The van der Waals surface area contributed by atoms with Crippen LogP contribution < -0.4 is 0 Å². The summed E-state index contributed by atoms with van der Waals surface area (Å²) in [6.45, 7) is 2.05. The Balaban J connectivity index is 1.52. The van der Waals surface area contributed by atoms with E-state index in [-0.39, 0.29) is 0 Å². The van der Waals surface area contributed by atoms with Crippen molar-refractivity contribution in [2.45, 2.75) is 6.92 Å². The first-order valence-corrected chi connectivity index (χ1v) is 9.78. The van der Waals surface area contributed by atoms with Crippen molar-refractivity contribution in [2.24, 2.45) is 0 Å². The Morgan fingerprint density at radius 3 is 2.61 bits per heavy atom. The summed E-state index contributed by atoms with van der Waals surface area (Å²) in [5.74, 6) is 0.659. The number of imidazole rings is 1. The van der Waals surface area contributed by atoms with Crippen LogP contribution in [-0.2, 0) is 0 Å². The zero-order valence-corrected chi connectivity index (χ0v) is 16.5. The largest absolute Gasteiger partial charge is 0.335 e. The van der Waals surface area contributed by atoms with E-state index in [0.717, 1.165) is 55.7 Å². The van der Waals surface area contributed by atoms with Gasteiger partial charge in [-0.2, -0.15) is 5.10 Å². The fourth-order valence-corrected chi connectivity index (χ4v) is 3.73. The van der Waals surface area contributed by atoms with Gasteiger partial charge in [-0.3, -0.25) is 25.0 Å². The van der Waals surface area contributed by atoms with Crippen LogP contribution in [0.15, 0.2) is 67.5 Å². The molecule has 0 saturated heterocycles. The van der Waals surface area contributed by atoms with E-state index in [4.69, 9.17) is 4.98 Å². The zero-order valence-electron chi connectivity index (χ0n) is 16.5. The van der Waals surface area contributed by atoms with Gasteiger partial charge in [-0.1, -0.05) is 6.07 Å². The molecule has 0 saturated carbocycles. The summed E-state index contributed by atoms with van der Waals surface area (Å²) in [5, 5.41) is 8.49. The maximum absolute atomic E-state index is 4.85. The van der Waals surface area contributed by atoms with E-state index in [9.17, 15) is 0 Å². The molecule has 0 bridgehead atoms. The van der Waals surface area contributed by atoms with Gasteiger partial charge in [0, 0.05) is 41.3 Å². The van der Waals surface area contributed by atoms with Gasteiger partial charge in [0.2, 0.25) is 0 Å². The second-order valence-corrected chi connectivity index (χ2v) is 7.26. The summed E-state index contributed by atoms with van der Waals surface area (Å²) in [5.41, 5.74) is 7.83. The van der Waals surface area contributed by atoms with Gasteiger partial charge in [0.15, 0.2) is 5.82 Å². The molecule has 0 amide bonds. The number of pyridine rings is 4. The molecular weight excluding hydrogens is 388 g/mol. The average Bonchev–Trinajstić information content (AvgIpc) is 3.43. The lowest BCUT2D eigenvalue weighted by atomic mass is 10.1. The maximum Gasteiger partial charge on any atom is 0.159 e. The molecule has 0 aliphatic heterocycles. The van der Waals surface area contributed by atoms with Crippen molar-refractivity contribution in [3.8, 4) is 34.0 Å². The van der Waals surface area contributed by atoms with Crippen LogP contribution in [0, 0.1) is 6.92 Å². The third-order valence-corrected chi connectivity index (χ3v) is 5.32. The number of aromatic nitrogens is 8. The Morgan fingerprint density at radius 2 is 1.74 bits per heavy atom. The third kappa shape index (κ3) is 2.84. The molecule has 0 fully saturated rings. The number of rotatable bonds is 3. The highest BCUT2D eigenvalue weighted by Crippen LogP contribution is 2.31. The maximum atomic E-state index is 4.85. The number of nitrogens with zero attached hydrogens (tertiary/aromatic N) is 6. The van der Waals surface area contributed by atoms with Crippen LogP contribution >= 0.6 is 0 Å². The van der Waals surface area contributed by atoms with E-state index in [1.807, 2.05) is 43.5 Å². The molecule has 6 aromatic heterocycles. The van der Waals surface area contributed by atoms with Gasteiger partial charge in [-0.05, 0) is 36.8 Å². The second kappa shape index (κ2) is 6.81. The molecule has 6 aromatic rings. The lowest BCUT2D eigenvalue weighted by Crippen LogP contribution is -1.89. The number of nitrogens with one attached hydrogen (secondary N) is 2. The molecular formula is C23H16N8. The molecule has 0 spiro atoms. The van der Waals surface area contributed by atoms with Crippen LogP contribution in [0.4, 0.5) is 0 Å². The predicted octanol–water partition coefficient (Wildman–Crippen LogP) is 4.33. The molecule has 148 valence electrons. The van der Waals surface area contributed by atoms with Crippen LogP contribution in [0.1, 0.15) is 5.56 Å². The van der Waals surface area contributed by atoms with Crippen LogP contribution in [0.5, 0.6) is 0 Å². The zero-order chi connectivity index (χ0) is 20.8. The summed E-state index contributed by atoms with van der Waals surface area (Å²) >= 11 is 0. The van der Waals surface area contributed by atoms with Gasteiger partial charge < -0.3 is 4.98 Å². The number of aromatic amines is 2. The van der Waals surface area contributed by atoms with Crippen LogP contribution in [0.3, 0.4) is 0 Å². The first kappa shape index (κ1) is 17.4. The minimum absolute atomic E-state index is 0.659. The van der Waals surface area contributed by atoms with Gasteiger partial charge in [0.25, 0.3) is 0 Å². The highest BCUT2D eigenvalue weighted by atomic mass is 15.1. The number of hydrogen-bond donors (Lipinski definition) is 2. The molecule has 2 N–H and O–H groups in total. The van der Waals surface area contributed by atoms with E-state index >= 15 is 0 Å². The average molecular weight is 404 g/mol. The van der Waals surface area contributed by atoms with Gasteiger partial charge in [0.05, 0.1) is 34.8 Å². The Labute approximate surface area is 176 Å². The molecule has 0 aromatic carbocycles. The molecule has 6 heterocycles. The van der Waals surface area contributed by atoms with Crippen molar-refractivity contribution in [3.63, 3.8) is 0 Å². The predicted molar refractivity (Wildman–Crippen MR) is 118 cm³/mol. The molecule has 0 aliphatic rings. The highest BCUT2D eigenvalue weighted by molar-refractivity contribution is 5.97.